The van der Waals surface area contributed by atoms with Gasteiger partial charge in [-0.15, -0.1) is 0 Å². The van der Waals surface area contributed by atoms with E-state index in [9.17, 15) is 0 Å². The van der Waals surface area contributed by atoms with Crippen LogP contribution in [0.15, 0.2) is 73.2 Å². The van der Waals surface area contributed by atoms with E-state index in [0.717, 1.165) is 22.6 Å². The Hall–Kier alpha value is -2.88. The molecule has 1 atom stereocenters. The van der Waals surface area contributed by atoms with Crippen LogP contribution < -0.4 is 11.1 Å². The molecule has 0 spiro atoms. The van der Waals surface area contributed by atoms with Gasteiger partial charge in [-0.3, -0.25) is 4.98 Å². The first-order valence-electron chi connectivity index (χ1n) is 6.76. The minimum absolute atomic E-state index is 0.0219. The van der Waals surface area contributed by atoms with Crippen LogP contribution in [0.3, 0.4) is 0 Å². The number of hydrogen-bond donors (Lipinski definition) is 2. The molecule has 0 saturated carbocycles. The van der Waals surface area contributed by atoms with Gasteiger partial charge in [-0.25, -0.2) is 4.98 Å². The predicted molar refractivity (Wildman–Crippen MR) is 84.8 cm³/mol. The van der Waals surface area contributed by atoms with E-state index in [1.165, 1.54) is 0 Å². The minimum Gasteiger partial charge on any atom is -0.399 e. The summed E-state index contributed by atoms with van der Waals surface area (Å²) in [4.78, 5) is 8.38. The normalized spacial score (nSPS) is 11.8. The lowest BCUT2D eigenvalue weighted by Gasteiger charge is -2.20. The summed E-state index contributed by atoms with van der Waals surface area (Å²) >= 11 is 0. The Balaban J connectivity index is 1.99. The van der Waals surface area contributed by atoms with Crippen molar-refractivity contribution < 1.29 is 0 Å². The van der Waals surface area contributed by atoms with Crippen LogP contribution in [0.5, 0.6) is 0 Å². The lowest BCUT2D eigenvalue weighted by molar-refractivity contribution is 0.922. The molecule has 1 unspecified atom stereocenters. The lowest BCUT2D eigenvalue weighted by atomic mass is 9.98. The zero-order valence-electron chi connectivity index (χ0n) is 11.5. The predicted octanol–water partition coefficient (Wildman–Crippen LogP) is 3.26. The van der Waals surface area contributed by atoms with Crippen molar-refractivity contribution in [1.82, 2.24) is 9.97 Å². The summed E-state index contributed by atoms with van der Waals surface area (Å²) < 4.78 is 0. The number of nitrogens with zero attached hydrogens (tertiary/aromatic N) is 2. The van der Waals surface area contributed by atoms with Crippen LogP contribution in [0, 0.1) is 0 Å². The Morgan fingerprint density at radius 1 is 0.905 bits per heavy atom. The SMILES string of the molecule is Nc1cccc(C(Nc2cnccn2)c2ccccc2)c1. The summed E-state index contributed by atoms with van der Waals surface area (Å²) in [5, 5.41) is 3.41. The van der Waals surface area contributed by atoms with Crippen LogP contribution in [0.4, 0.5) is 11.5 Å². The second-order valence-corrected chi connectivity index (χ2v) is 4.75. The first kappa shape index (κ1) is 13.1. The second kappa shape index (κ2) is 6.05. The van der Waals surface area contributed by atoms with Crippen LogP contribution in [0.1, 0.15) is 17.2 Å². The van der Waals surface area contributed by atoms with Gasteiger partial charge in [0.1, 0.15) is 5.82 Å². The number of rotatable bonds is 4. The average Bonchev–Trinajstić information content (AvgIpc) is 2.54. The molecule has 4 nitrogen and oxygen atoms in total. The summed E-state index contributed by atoms with van der Waals surface area (Å²) in [5.41, 5.74) is 8.89. The molecule has 1 aromatic heterocycles. The van der Waals surface area contributed by atoms with Gasteiger partial charge in [0.25, 0.3) is 0 Å². The lowest BCUT2D eigenvalue weighted by Crippen LogP contribution is -2.13. The Morgan fingerprint density at radius 3 is 2.43 bits per heavy atom. The Kier molecular flexibility index (Phi) is 3.78. The highest BCUT2D eigenvalue weighted by Crippen LogP contribution is 2.26. The van der Waals surface area contributed by atoms with E-state index in [1.807, 2.05) is 36.4 Å². The highest BCUT2D eigenvalue weighted by molar-refractivity contribution is 5.48. The molecule has 3 N–H and O–H groups in total. The van der Waals surface area contributed by atoms with Gasteiger partial charge >= 0.3 is 0 Å². The molecule has 1 heterocycles. The van der Waals surface area contributed by atoms with Crippen LogP contribution in [-0.2, 0) is 0 Å². The van der Waals surface area contributed by atoms with Crippen molar-refractivity contribution in [2.75, 3.05) is 11.1 Å². The van der Waals surface area contributed by atoms with Gasteiger partial charge in [0.05, 0.1) is 12.2 Å². The summed E-state index contributed by atoms with van der Waals surface area (Å²) in [7, 11) is 0. The summed E-state index contributed by atoms with van der Waals surface area (Å²) in [6, 6.07) is 18.0. The van der Waals surface area contributed by atoms with Crippen molar-refractivity contribution in [2.24, 2.45) is 0 Å². The molecule has 0 amide bonds. The van der Waals surface area contributed by atoms with Gasteiger partial charge in [0.2, 0.25) is 0 Å². The van der Waals surface area contributed by atoms with Gasteiger partial charge in [-0.1, -0.05) is 42.5 Å². The van der Waals surface area contributed by atoms with Crippen molar-refractivity contribution in [3.63, 3.8) is 0 Å². The number of aromatic nitrogens is 2. The van der Waals surface area contributed by atoms with Crippen molar-refractivity contribution in [3.05, 3.63) is 84.3 Å². The zero-order chi connectivity index (χ0) is 14.5. The molecule has 3 rings (SSSR count). The monoisotopic (exact) mass is 276 g/mol. The summed E-state index contributed by atoms with van der Waals surface area (Å²) in [6.07, 6.45) is 5.04. The molecule has 3 aromatic rings. The van der Waals surface area contributed by atoms with E-state index in [-0.39, 0.29) is 6.04 Å². The van der Waals surface area contributed by atoms with Gasteiger partial charge in [0, 0.05) is 18.1 Å². The highest BCUT2D eigenvalue weighted by atomic mass is 15.0. The largest absolute Gasteiger partial charge is 0.399 e. The standard InChI is InChI=1S/C17H16N4/c18-15-8-4-7-14(11-15)17(13-5-2-1-3-6-13)21-16-12-19-9-10-20-16/h1-12,17H,18H2,(H,20,21). The first-order valence-corrected chi connectivity index (χ1v) is 6.76. The van der Waals surface area contributed by atoms with E-state index in [4.69, 9.17) is 5.73 Å². The number of hydrogen-bond acceptors (Lipinski definition) is 4. The van der Waals surface area contributed by atoms with Crippen molar-refractivity contribution in [2.45, 2.75) is 6.04 Å². The maximum atomic E-state index is 5.91. The number of nitrogens with two attached hydrogens (primary N) is 1. The van der Waals surface area contributed by atoms with E-state index < -0.39 is 0 Å². The Morgan fingerprint density at radius 2 is 1.71 bits per heavy atom. The maximum absolute atomic E-state index is 5.91. The Labute approximate surface area is 123 Å². The molecule has 0 aliphatic carbocycles. The molecular formula is C17H16N4. The third-order valence-electron chi connectivity index (χ3n) is 3.23. The van der Waals surface area contributed by atoms with Crippen LogP contribution >= 0.6 is 0 Å². The molecule has 21 heavy (non-hydrogen) atoms. The highest BCUT2D eigenvalue weighted by Gasteiger charge is 2.14. The average molecular weight is 276 g/mol. The maximum Gasteiger partial charge on any atom is 0.145 e. The van der Waals surface area contributed by atoms with Crippen LogP contribution in [-0.4, -0.2) is 9.97 Å². The number of benzene rings is 2. The fraction of sp³-hybridized carbons (Fsp3) is 0.0588. The van der Waals surface area contributed by atoms with E-state index in [1.54, 1.807) is 18.6 Å². The van der Waals surface area contributed by atoms with Crippen molar-refractivity contribution in [3.8, 4) is 0 Å². The van der Waals surface area contributed by atoms with E-state index in [0.29, 0.717) is 0 Å². The fourth-order valence-electron chi connectivity index (χ4n) is 2.26. The quantitative estimate of drug-likeness (QED) is 0.718. The van der Waals surface area contributed by atoms with Gasteiger partial charge < -0.3 is 11.1 Å². The molecule has 0 saturated heterocycles. The zero-order valence-corrected chi connectivity index (χ0v) is 11.5. The molecule has 0 bridgehead atoms. The molecule has 2 aromatic carbocycles. The molecular weight excluding hydrogens is 260 g/mol. The fourth-order valence-corrected chi connectivity index (χ4v) is 2.26. The topological polar surface area (TPSA) is 63.8 Å². The Bertz CT molecular complexity index is 698. The third kappa shape index (κ3) is 3.17. The number of anilines is 2. The van der Waals surface area contributed by atoms with Gasteiger partial charge in [-0.2, -0.15) is 0 Å². The first-order chi connectivity index (χ1) is 10.3. The van der Waals surface area contributed by atoms with Gasteiger partial charge in [-0.05, 0) is 23.3 Å². The van der Waals surface area contributed by atoms with E-state index in [2.05, 4.69) is 33.5 Å². The molecule has 0 aliphatic heterocycles. The molecule has 0 radical (unpaired) electrons. The second-order valence-electron chi connectivity index (χ2n) is 4.75. The molecule has 0 fully saturated rings. The number of nitrogens with one attached hydrogen (secondary N) is 1. The minimum atomic E-state index is -0.0219. The van der Waals surface area contributed by atoms with Crippen LogP contribution in [0.25, 0.3) is 0 Å². The van der Waals surface area contributed by atoms with Crippen molar-refractivity contribution in [1.29, 1.82) is 0 Å². The van der Waals surface area contributed by atoms with Crippen LogP contribution in [0.2, 0.25) is 0 Å². The summed E-state index contributed by atoms with van der Waals surface area (Å²) in [6.45, 7) is 0. The molecule has 104 valence electrons. The van der Waals surface area contributed by atoms with E-state index >= 15 is 0 Å². The third-order valence-corrected chi connectivity index (χ3v) is 3.23. The van der Waals surface area contributed by atoms with Crippen molar-refractivity contribution >= 4 is 11.5 Å². The number of nitrogen functional groups attached to an aromatic ring is 1. The van der Waals surface area contributed by atoms with Gasteiger partial charge in [0.15, 0.2) is 0 Å². The summed E-state index contributed by atoms with van der Waals surface area (Å²) in [5.74, 6) is 0.730. The molecule has 0 aliphatic rings. The smallest absolute Gasteiger partial charge is 0.145 e. The molecule has 4 heteroatoms.